The van der Waals surface area contributed by atoms with Crippen LogP contribution in [-0.2, 0) is 9.47 Å². The van der Waals surface area contributed by atoms with Gasteiger partial charge in [-0.25, -0.2) is 14.3 Å². The second-order valence-electron chi connectivity index (χ2n) is 5.49. The van der Waals surface area contributed by atoms with Gasteiger partial charge in [0.05, 0.1) is 25.0 Å². The van der Waals surface area contributed by atoms with Crippen LogP contribution >= 0.6 is 0 Å². The van der Waals surface area contributed by atoms with Crippen LogP contribution in [0.25, 0.3) is 5.65 Å². The minimum atomic E-state index is -0.397. The van der Waals surface area contributed by atoms with Crippen molar-refractivity contribution in [1.82, 2.24) is 14.6 Å². The maximum Gasteiger partial charge on any atom is 0.343 e. The molecule has 0 spiro atoms. The van der Waals surface area contributed by atoms with E-state index in [9.17, 15) is 4.79 Å². The highest BCUT2D eigenvalue weighted by molar-refractivity contribution is 5.95. The molecule has 1 aliphatic rings. The third-order valence-corrected chi connectivity index (χ3v) is 3.59. The molecule has 7 nitrogen and oxygen atoms in total. The quantitative estimate of drug-likeness (QED) is 0.801. The lowest BCUT2D eigenvalue weighted by Crippen LogP contribution is -2.45. The van der Waals surface area contributed by atoms with Crippen LogP contribution in [0.2, 0.25) is 0 Å². The van der Waals surface area contributed by atoms with Gasteiger partial charge in [-0.2, -0.15) is 5.10 Å². The number of rotatable bonds is 3. The first-order valence-electron chi connectivity index (χ1n) is 7.50. The Morgan fingerprint density at radius 2 is 2.14 bits per heavy atom. The molecule has 2 aromatic heterocycles. The molecule has 0 aliphatic carbocycles. The van der Waals surface area contributed by atoms with Crippen LogP contribution in [0, 0.1) is 0 Å². The Morgan fingerprint density at radius 1 is 1.41 bits per heavy atom. The molecule has 0 bridgehead atoms. The first kappa shape index (κ1) is 14.8. The summed E-state index contributed by atoms with van der Waals surface area (Å²) in [4.78, 5) is 18.7. The number of hydrogen-bond acceptors (Lipinski definition) is 6. The molecule has 7 heteroatoms. The largest absolute Gasteiger partial charge is 0.462 e. The topological polar surface area (TPSA) is 69.0 Å². The Morgan fingerprint density at radius 3 is 2.82 bits per heavy atom. The van der Waals surface area contributed by atoms with Gasteiger partial charge in [0, 0.05) is 19.3 Å². The number of hydrogen-bond donors (Lipinski definition) is 0. The standard InChI is InChI=1S/C15H20N4O3/c1-4-21-15(20)12-7-16-19-6-5-13(17-14(12)19)18-8-10(2)22-11(3)9-18/h5-7,10-11H,4,8-9H2,1-3H3/t10-,11-/m1/s1. The molecule has 0 radical (unpaired) electrons. The van der Waals surface area contributed by atoms with Crippen molar-refractivity contribution < 1.29 is 14.3 Å². The van der Waals surface area contributed by atoms with Gasteiger partial charge in [0.15, 0.2) is 5.65 Å². The third kappa shape index (κ3) is 2.76. The Kier molecular flexibility index (Phi) is 3.98. The Hall–Kier alpha value is -2.15. The van der Waals surface area contributed by atoms with Gasteiger partial charge in [0.2, 0.25) is 0 Å². The lowest BCUT2D eigenvalue weighted by atomic mass is 10.2. The van der Waals surface area contributed by atoms with E-state index in [0.717, 1.165) is 18.9 Å². The zero-order valence-corrected chi connectivity index (χ0v) is 13.0. The first-order valence-corrected chi connectivity index (χ1v) is 7.50. The van der Waals surface area contributed by atoms with Crippen molar-refractivity contribution in [1.29, 1.82) is 0 Å². The van der Waals surface area contributed by atoms with E-state index in [1.807, 2.05) is 26.1 Å². The molecule has 0 saturated carbocycles. The maximum absolute atomic E-state index is 12.0. The minimum absolute atomic E-state index is 0.149. The molecule has 0 aromatic carbocycles. The number of esters is 1. The summed E-state index contributed by atoms with van der Waals surface area (Å²) in [7, 11) is 0. The summed E-state index contributed by atoms with van der Waals surface area (Å²) in [6.45, 7) is 7.74. The number of aromatic nitrogens is 3. The molecular weight excluding hydrogens is 284 g/mol. The van der Waals surface area contributed by atoms with E-state index in [0.29, 0.717) is 17.8 Å². The Bertz CT molecular complexity index is 674. The Balaban J connectivity index is 1.94. The SMILES string of the molecule is CCOC(=O)c1cnn2ccc(N3C[C@@H](C)O[C@H](C)C3)nc12. The van der Waals surface area contributed by atoms with E-state index in [2.05, 4.69) is 15.0 Å². The van der Waals surface area contributed by atoms with Gasteiger partial charge in [-0.3, -0.25) is 0 Å². The van der Waals surface area contributed by atoms with Gasteiger partial charge in [-0.05, 0) is 26.8 Å². The molecule has 2 atom stereocenters. The lowest BCUT2D eigenvalue weighted by Gasteiger charge is -2.36. The fraction of sp³-hybridized carbons (Fsp3) is 0.533. The van der Waals surface area contributed by atoms with Crippen molar-refractivity contribution in [3.8, 4) is 0 Å². The Labute approximate surface area is 128 Å². The molecule has 118 valence electrons. The van der Waals surface area contributed by atoms with Gasteiger partial charge in [-0.1, -0.05) is 0 Å². The molecular formula is C15H20N4O3. The van der Waals surface area contributed by atoms with Gasteiger partial charge >= 0.3 is 5.97 Å². The fourth-order valence-corrected chi connectivity index (χ4v) is 2.75. The van der Waals surface area contributed by atoms with Crippen LogP contribution < -0.4 is 4.90 Å². The monoisotopic (exact) mass is 304 g/mol. The van der Waals surface area contributed by atoms with Gasteiger partial charge < -0.3 is 14.4 Å². The number of fused-ring (bicyclic) bond motifs is 1. The van der Waals surface area contributed by atoms with E-state index in [1.54, 1.807) is 11.4 Å². The normalized spacial score (nSPS) is 22.0. The fourth-order valence-electron chi connectivity index (χ4n) is 2.75. The van der Waals surface area contributed by atoms with Crippen molar-refractivity contribution in [2.45, 2.75) is 33.0 Å². The van der Waals surface area contributed by atoms with Crippen LogP contribution in [0.15, 0.2) is 18.5 Å². The molecule has 1 aliphatic heterocycles. The summed E-state index contributed by atoms with van der Waals surface area (Å²) in [6, 6.07) is 1.90. The number of carbonyl (C=O) groups excluding carboxylic acids is 1. The summed E-state index contributed by atoms with van der Waals surface area (Å²) in [5.74, 6) is 0.423. The van der Waals surface area contributed by atoms with E-state index < -0.39 is 5.97 Å². The minimum Gasteiger partial charge on any atom is -0.462 e. The van der Waals surface area contributed by atoms with Crippen molar-refractivity contribution in [3.05, 3.63) is 24.0 Å². The van der Waals surface area contributed by atoms with Crippen LogP contribution in [0.4, 0.5) is 5.82 Å². The number of nitrogens with zero attached hydrogens (tertiary/aromatic N) is 4. The van der Waals surface area contributed by atoms with Crippen LogP contribution in [0.5, 0.6) is 0 Å². The van der Waals surface area contributed by atoms with Crippen molar-refractivity contribution in [2.75, 3.05) is 24.6 Å². The predicted octanol–water partition coefficient (Wildman–Crippen LogP) is 1.52. The van der Waals surface area contributed by atoms with Gasteiger partial charge in [0.1, 0.15) is 11.4 Å². The van der Waals surface area contributed by atoms with E-state index in [-0.39, 0.29) is 12.2 Å². The van der Waals surface area contributed by atoms with Gasteiger partial charge in [0.25, 0.3) is 0 Å². The van der Waals surface area contributed by atoms with Gasteiger partial charge in [-0.15, -0.1) is 0 Å². The van der Waals surface area contributed by atoms with Crippen LogP contribution in [-0.4, -0.2) is 52.5 Å². The summed E-state index contributed by atoms with van der Waals surface area (Å²) >= 11 is 0. The molecule has 0 amide bonds. The first-order chi connectivity index (χ1) is 10.6. The molecule has 1 saturated heterocycles. The second-order valence-corrected chi connectivity index (χ2v) is 5.49. The zero-order valence-electron chi connectivity index (χ0n) is 13.0. The second kappa shape index (κ2) is 5.92. The third-order valence-electron chi connectivity index (χ3n) is 3.59. The average Bonchev–Trinajstić information content (AvgIpc) is 2.89. The highest BCUT2D eigenvalue weighted by atomic mass is 16.5. The highest BCUT2D eigenvalue weighted by Crippen LogP contribution is 2.20. The average molecular weight is 304 g/mol. The van der Waals surface area contributed by atoms with E-state index >= 15 is 0 Å². The molecule has 0 unspecified atom stereocenters. The summed E-state index contributed by atoms with van der Waals surface area (Å²) in [5, 5.41) is 4.15. The van der Waals surface area contributed by atoms with E-state index in [4.69, 9.17) is 9.47 Å². The number of ether oxygens (including phenoxy) is 2. The highest BCUT2D eigenvalue weighted by Gasteiger charge is 2.24. The predicted molar refractivity (Wildman–Crippen MR) is 81.2 cm³/mol. The van der Waals surface area contributed by atoms with Crippen molar-refractivity contribution >= 4 is 17.4 Å². The van der Waals surface area contributed by atoms with Crippen molar-refractivity contribution in [2.24, 2.45) is 0 Å². The maximum atomic E-state index is 12.0. The molecule has 2 aromatic rings. The van der Waals surface area contributed by atoms with Crippen molar-refractivity contribution in [3.63, 3.8) is 0 Å². The number of carbonyl (C=O) groups is 1. The van der Waals surface area contributed by atoms with Crippen LogP contribution in [0.3, 0.4) is 0 Å². The zero-order chi connectivity index (χ0) is 15.7. The smallest absolute Gasteiger partial charge is 0.343 e. The molecule has 3 heterocycles. The molecule has 1 fully saturated rings. The molecule has 22 heavy (non-hydrogen) atoms. The van der Waals surface area contributed by atoms with E-state index in [1.165, 1.54) is 6.20 Å². The molecule has 0 N–H and O–H groups in total. The lowest BCUT2D eigenvalue weighted by molar-refractivity contribution is -0.00546. The van der Waals surface area contributed by atoms with Crippen LogP contribution in [0.1, 0.15) is 31.1 Å². The number of anilines is 1. The summed E-state index contributed by atoms with van der Waals surface area (Å²) < 4.78 is 12.4. The summed E-state index contributed by atoms with van der Waals surface area (Å²) in [5.41, 5.74) is 0.904. The number of morpholine rings is 1. The molecule has 3 rings (SSSR count). The summed E-state index contributed by atoms with van der Waals surface area (Å²) in [6.07, 6.45) is 3.60.